The van der Waals surface area contributed by atoms with Crippen LogP contribution >= 0.6 is 12.2 Å². The van der Waals surface area contributed by atoms with Crippen molar-refractivity contribution in [2.75, 3.05) is 6.54 Å². The average Bonchev–Trinajstić information content (AvgIpc) is 2.68. The Bertz CT molecular complexity index is 641. The second-order valence-electron chi connectivity index (χ2n) is 5.61. The Balaban J connectivity index is 2.42. The van der Waals surface area contributed by atoms with E-state index in [9.17, 15) is 8.42 Å². The van der Waals surface area contributed by atoms with Crippen molar-refractivity contribution in [2.24, 2.45) is 11.7 Å². The van der Waals surface area contributed by atoms with Crippen LogP contribution in [0.15, 0.2) is 23.1 Å². The monoisotopic (exact) mass is 312 g/mol. The average molecular weight is 312 g/mol. The minimum Gasteiger partial charge on any atom is -0.389 e. The summed E-state index contributed by atoms with van der Waals surface area (Å²) < 4.78 is 27.1. The van der Waals surface area contributed by atoms with Crippen LogP contribution in [0.25, 0.3) is 0 Å². The summed E-state index contributed by atoms with van der Waals surface area (Å²) in [5.41, 5.74) is 6.95. The highest BCUT2D eigenvalue weighted by atomic mass is 32.2. The van der Waals surface area contributed by atoms with Gasteiger partial charge in [0.05, 0.1) is 4.90 Å². The van der Waals surface area contributed by atoms with Gasteiger partial charge >= 0.3 is 0 Å². The van der Waals surface area contributed by atoms with Gasteiger partial charge in [0.25, 0.3) is 0 Å². The molecular formula is C14H20N2O2S2. The molecule has 0 aromatic heterocycles. The largest absolute Gasteiger partial charge is 0.389 e. The lowest BCUT2D eigenvalue weighted by atomic mass is 10.1. The van der Waals surface area contributed by atoms with Gasteiger partial charge in [-0.2, -0.15) is 4.31 Å². The zero-order chi connectivity index (χ0) is 15.1. The van der Waals surface area contributed by atoms with Crippen LogP contribution in [0.4, 0.5) is 0 Å². The smallest absolute Gasteiger partial charge is 0.243 e. The molecule has 0 radical (unpaired) electrons. The molecule has 1 fully saturated rings. The standard InChI is InChI=1S/C14H20N2O2S2/c1-9-6-11(3)16(8-9)20(17,18)13-5-4-12(14(15)19)7-10(13)2/h4-5,7,9,11H,6,8H2,1-3H3,(H2,15,19). The molecule has 1 aliphatic heterocycles. The molecule has 0 amide bonds. The molecule has 1 aromatic rings. The molecule has 0 aliphatic carbocycles. The van der Waals surface area contributed by atoms with Gasteiger partial charge in [0.15, 0.2) is 0 Å². The van der Waals surface area contributed by atoms with Crippen molar-refractivity contribution in [3.8, 4) is 0 Å². The molecule has 2 N–H and O–H groups in total. The van der Waals surface area contributed by atoms with Crippen molar-refractivity contribution in [1.29, 1.82) is 0 Å². The van der Waals surface area contributed by atoms with E-state index >= 15 is 0 Å². The van der Waals surface area contributed by atoms with E-state index in [1.807, 2.05) is 6.92 Å². The molecule has 1 saturated heterocycles. The van der Waals surface area contributed by atoms with Crippen LogP contribution in [-0.2, 0) is 10.0 Å². The van der Waals surface area contributed by atoms with Crippen molar-refractivity contribution in [3.05, 3.63) is 29.3 Å². The summed E-state index contributed by atoms with van der Waals surface area (Å²) in [5.74, 6) is 0.399. The molecule has 0 saturated carbocycles. The second kappa shape index (κ2) is 5.42. The maximum atomic E-state index is 12.8. The summed E-state index contributed by atoms with van der Waals surface area (Å²) in [6.07, 6.45) is 0.906. The van der Waals surface area contributed by atoms with Gasteiger partial charge in [0.2, 0.25) is 10.0 Å². The number of nitrogens with two attached hydrogens (primary N) is 1. The van der Waals surface area contributed by atoms with Crippen LogP contribution in [0, 0.1) is 12.8 Å². The molecule has 1 heterocycles. The van der Waals surface area contributed by atoms with Gasteiger partial charge in [-0.1, -0.05) is 25.2 Å². The van der Waals surface area contributed by atoms with Crippen LogP contribution in [0.2, 0.25) is 0 Å². The molecule has 0 bridgehead atoms. The van der Waals surface area contributed by atoms with E-state index in [1.54, 1.807) is 29.4 Å². The summed E-state index contributed by atoms with van der Waals surface area (Å²) >= 11 is 4.92. The van der Waals surface area contributed by atoms with E-state index < -0.39 is 10.0 Å². The molecule has 4 nitrogen and oxygen atoms in total. The molecule has 1 aromatic carbocycles. The molecule has 0 spiro atoms. The normalized spacial score (nSPS) is 23.9. The predicted octanol–water partition coefficient (Wildman–Crippen LogP) is 2.05. The molecular weight excluding hydrogens is 292 g/mol. The number of hydrogen-bond acceptors (Lipinski definition) is 3. The number of rotatable bonds is 3. The van der Waals surface area contributed by atoms with Crippen molar-refractivity contribution in [3.63, 3.8) is 0 Å². The van der Waals surface area contributed by atoms with E-state index in [0.29, 0.717) is 28.5 Å². The number of sulfonamides is 1. The third-order valence-corrected chi connectivity index (χ3v) is 6.15. The van der Waals surface area contributed by atoms with Crippen molar-refractivity contribution >= 4 is 27.2 Å². The van der Waals surface area contributed by atoms with Gasteiger partial charge in [-0.3, -0.25) is 0 Å². The highest BCUT2D eigenvalue weighted by molar-refractivity contribution is 7.89. The van der Waals surface area contributed by atoms with Gasteiger partial charge in [-0.05, 0) is 43.9 Å². The van der Waals surface area contributed by atoms with Gasteiger partial charge in [-0.15, -0.1) is 0 Å². The molecule has 2 atom stereocenters. The van der Waals surface area contributed by atoms with E-state index in [2.05, 4.69) is 6.92 Å². The zero-order valence-corrected chi connectivity index (χ0v) is 13.6. The van der Waals surface area contributed by atoms with E-state index in [0.717, 1.165) is 6.42 Å². The molecule has 2 rings (SSSR count). The van der Waals surface area contributed by atoms with Crippen molar-refractivity contribution in [2.45, 2.75) is 38.1 Å². The second-order valence-corrected chi connectivity index (χ2v) is 7.91. The molecule has 20 heavy (non-hydrogen) atoms. The Morgan fingerprint density at radius 2 is 2.05 bits per heavy atom. The van der Waals surface area contributed by atoms with Crippen LogP contribution in [0.3, 0.4) is 0 Å². The Morgan fingerprint density at radius 1 is 1.40 bits per heavy atom. The number of aryl methyl sites for hydroxylation is 1. The maximum absolute atomic E-state index is 12.8. The summed E-state index contributed by atoms with van der Waals surface area (Å²) in [6.45, 7) is 6.40. The summed E-state index contributed by atoms with van der Waals surface area (Å²) in [4.78, 5) is 0.624. The Morgan fingerprint density at radius 3 is 2.50 bits per heavy atom. The summed E-state index contributed by atoms with van der Waals surface area (Å²) in [5, 5.41) is 0. The fourth-order valence-electron chi connectivity index (χ4n) is 2.81. The highest BCUT2D eigenvalue weighted by Crippen LogP contribution is 2.30. The first-order chi connectivity index (χ1) is 9.23. The Kier molecular flexibility index (Phi) is 4.18. The lowest BCUT2D eigenvalue weighted by Gasteiger charge is -2.22. The minimum absolute atomic E-state index is 0.0460. The summed E-state index contributed by atoms with van der Waals surface area (Å²) in [6, 6.07) is 5.06. The lowest BCUT2D eigenvalue weighted by Crippen LogP contribution is -2.34. The van der Waals surface area contributed by atoms with E-state index in [4.69, 9.17) is 18.0 Å². The van der Waals surface area contributed by atoms with Crippen LogP contribution in [0.1, 0.15) is 31.4 Å². The van der Waals surface area contributed by atoms with Gasteiger partial charge in [0, 0.05) is 18.2 Å². The van der Waals surface area contributed by atoms with E-state index in [-0.39, 0.29) is 11.0 Å². The van der Waals surface area contributed by atoms with Gasteiger partial charge < -0.3 is 5.73 Å². The maximum Gasteiger partial charge on any atom is 0.243 e. The van der Waals surface area contributed by atoms with Gasteiger partial charge in [0.1, 0.15) is 4.99 Å². The van der Waals surface area contributed by atoms with Crippen LogP contribution in [0.5, 0.6) is 0 Å². The third-order valence-electron chi connectivity index (χ3n) is 3.77. The van der Waals surface area contributed by atoms with E-state index in [1.165, 1.54) is 0 Å². The topological polar surface area (TPSA) is 63.4 Å². The lowest BCUT2D eigenvalue weighted by molar-refractivity contribution is 0.405. The predicted molar refractivity (Wildman–Crippen MR) is 84.2 cm³/mol. The first-order valence-corrected chi connectivity index (χ1v) is 8.50. The molecule has 110 valence electrons. The number of hydrogen-bond donors (Lipinski definition) is 1. The van der Waals surface area contributed by atoms with Crippen molar-refractivity contribution in [1.82, 2.24) is 4.31 Å². The molecule has 2 unspecified atom stereocenters. The molecule has 6 heteroatoms. The first-order valence-electron chi connectivity index (χ1n) is 6.65. The van der Waals surface area contributed by atoms with Crippen molar-refractivity contribution < 1.29 is 8.42 Å². The first kappa shape index (κ1) is 15.4. The summed E-state index contributed by atoms with van der Waals surface area (Å²) in [7, 11) is -3.44. The number of benzene rings is 1. The van der Waals surface area contributed by atoms with Gasteiger partial charge in [-0.25, -0.2) is 8.42 Å². The fourth-order valence-corrected chi connectivity index (χ4v) is 4.91. The fraction of sp³-hybridized carbons (Fsp3) is 0.500. The number of nitrogens with zero attached hydrogens (tertiary/aromatic N) is 1. The molecule has 1 aliphatic rings. The SMILES string of the molecule is Cc1cc(C(N)=S)ccc1S(=O)(=O)N1CC(C)CC1C. The third kappa shape index (κ3) is 2.73. The highest BCUT2D eigenvalue weighted by Gasteiger charge is 2.36. The minimum atomic E-state index is -3.44. The number of thiocarbonyl (C=S) groups is 1. The van der Waals surface area contributed by atoms with Crippen LogP contribution < -0.4 is 5.73 Å². The Hall–Kier alpha value is -0.980. The van der Waals surface area contributed by atoms with Crippen LogP contribution in [-0.4, -0.2) is 30.3 Å². The Labute approximate surface area is 126 Å². The zero-order valence-electron chi connectivity index (χ0n) is 12.0. The quantitative estimate of drug-likeness (QED) is 0.868.